The fraction of sp³-hybridized carbons (Fsp3) is 0.278. The molecule has 1 fully saturated rings. The zero-order chi connectivity index (χ0) is 22.3. The van der Waals surface area contributed by atoms with Crippen molar-refractivity contribution >= 4 is 39.7 Å². The molecular weight excluding hydrogens is 441 g/mol. The van der Waals surface area contributed by atoms with Gasteiger partial charge in [-0.05, 0) is 12.1 Å². The molecule has 0 spiro atoms. The first-order valence-corrected chi connectivity index (χ1v) is 9.41. The van der Waals surface area contributed by atoms with Gasteiger partial charge in [-0.25, -0.2) is 9.97 Å². The Bertz CT molecular complexity index is 1220. The quantitative estimate of drug-likeness (QED) is 0.478. The summed E-state index contributed by atoms with van der Waals surface area (Å²) in [5.74, 6) is 0.218. The van der Waals surface area contributed by atoms with Crippen LogP contribution in [0.3, 0.4) is 0 Å². The minimum Gasteiger partial charge on any atom is -0.362 e. The number of anilines is 2. The monoisotopic (exact) mass is 454 g/mol. The molecule has 1 aliphatic rings. The Morgan fingerprint density at radius 3 is 2.39 bits per heavy atom. The average Bonchev–Trinajstić information content (AvgIpc) is 2.72. The molecule has 0 atom stereocenters. The van der Waals surface area contributed by atoms with Crippen molar-refractivity contribution in [3.8, 4) is 0 Å². The van der Waals surface area contributed by atoms with Gasteiger partial charge in [0.1, 0.15) is 11.5 Å². The number of piperazine rings is 1. The van der Waals surface area contributed by atoms with Gasteiger partial charge >= 0.3 is 6.18 Å². The van der Waals surface area contributed by atoms with E-state index in [0.29, 0.717) is 37.4 Å². The maximum absolute atomic E-state index is 12.8. The second-order valence-electron chi connectivity index (χ2n) is 6.85. The number of nitro benzene ring substituents is 1. The molecule has 0 bridgehead atoms. The fourth-order valence-corrected chi connectivity index (χ4v) is 3.76. The van der Waals surface area contributed by atoms with E-state index in [1.807, 2.05) is 0 Å². The molecule has 2 aromatic heterocycles. The number of alkyl halides is 3. The molecule has 3 aromatic rings. The number of hydrogen-bond donors (Lipinski definition) is 1. The number of hydrogen-bond acceptors (Lipinski definition) is 7. The number of nitrogens with zero attached hydrogens (tertiary/aromatic N) is 5. The molecule has 162 valence electrons. The summed E-state index contributed by atoms with van der Waals surface area (Å²) in [6, 6.07) is 3.51. The lowest BCUT2D eigenvalue weighted by Crippen LogP contribution is -2.47. The molecule has 0 amide bonds. The first-order chi connectivity index (χ1) is 14.6. The number of nitro groups is 1. The summed E-state index contributed by atoms with van der Waals surface area (Å²) >= 11 is 6.02. The molecule has 3 heterocycles. The van der Waals surface area contributed by atoms with Crippen molar-refractivity contribution in [2.45, 2.75) is 6.18 Å². The molecule has 0 saturated carbocycles. The summed E-state index contributed by atoms with van der Waals surface area (Å²) in [6.07, 6.45) is -2.60. The van der Waals surface area contributed by atoms with Crippen LogP contribution in [-0.4, -0.2) is 46.1 Å². The molecule has 9 nitrogen and oxygen atoms in total. The zero-order valence-corrected chi connectivity index (χ0v) is 16.4. The molecule has 13 heteroatoms. The third-order valence-corrected chi connectivity index (χ3v) is 5.28. The van der Waals surface area contributed by atoms with Crippen molar-refractivity contribution in [2.75, 3.05) is 36.0 Å². The van der Waals surface area contributed by atoms with Crippen molar-refractivity contribution in [1.82, 2.24) is 15.0 Å². The van der Waals surface area contributed by atoms with Crippen LogP contribution in [0.15, 0.2) is 35.5 Å². The highest BCUT2D eigenvalue weighted by atomic mass is 35.5. The number of rotatable bonds is 3. The van der Waals surface area contributed by atoms with Gasteiger partial charge in [0.25, 0.3) is 11.2 Å². The first-order valence-electron chi connectivity index (χ1n) is 9.03. The predicted molar refractivity (Wildman–Crippen MR) is 108 cm³/mol. The molecule has 0 radical (unpaired) electrons. The molecule has 0 unspecified atom stereocenters. The topological polar surface area (TPSA) is 108 Å². The van der Waals surface area contributed by atoms with Crippen molar-refractivity contribution in [3.63, 3.8) is 0 Å². The van der Waals surface area contributed by atoms with Crippen molar-refractivity contribution < 1.29 is 18.1 Å². The van der Waals surface area contributed by atoms with Gasteiger partial charge in [0, 0.05) is 38.4 Å². The molecule has 1 aromatic carbocycles. The number of fused-ring (bicyclic) bond motifs is 1. The minimum absolute atomic E-state index is 0.109. The Labute approximate surface area is 177 Å². The van der Waals surface area contributed by atoms with Gasteiger partial charge in [-0.1, -0.05) is 11.6 Å². The lowest BCUT2D eigenvalue weighted by atomic mass is 10.1. The number of benzene rings is 1. The van der Waals surface area contributed by atoms with Crippen molar-refractivity contribution in [3.05, 3.63) is 61.8 Å². The number of H-pyrrole nitrogens is 1. The van der Waals surface area contributed by atoms with Crippen LogP contribution in [-0.2, 0) is 6.18 Å². The van der Waals surface area contributed by atoms with Gasteiger partial charge in [0.2, 0.25) is 0 Å². The predicted octanol–water partition coefficient (Wildman–Crippen LogP) is 3.23. The van der Waals surface area contributed by atoms with E-state index in [1.54, 1.807) is 9.80 Å². The van der Waals surface area contributed by atoms with Gasteiger partial charge in [-0.3, -0.25) is 14.9 Å². The van der Waals surface area contributed by atoms with E-state index in [4.69, 9.17) is 11.6 Å². The summed E-state index contributed by atoms with van der Waals surface area (Å²) < 4.78 is 38.5. The van der Waals surface area contributed by atoms with Crippen molar-refractivity contribution in [2.24, 2.45) is 0 Å². The van der Waals surface area contributed by atoms with E-state index in [0.717, 1.165) is 12.3 Å². The minimum atomic E-state index is -4.54. The highest BCUT2D eigenvalue weighted by Gasteiger charge is 2.32. The van der Waals surface area contributed by atoms with Crippen LogP contribution in [0.2, 0.25) is 5.02 Å². The average molecular weight is 455 g/mol. The Balaban J connectivity index is 1.59. The van der Waals surface area contributed by atoms with Crippen LogP contribution in [0.1, 0.15) is 5.56 Å². The number of pyridine rings is 1. The van der Waals surface area contributed by atoms with E-state index >= 15 is 0 Å². The standard InChI is InChI=1S/C18H14ClF3N6O3/c19-12-5-10(18(20,21)22)8-23-16(12)27-3-1-26(2-4-27)14-7-13-11(6-15(14)28(30)31)17(29)25-9-24-13/h5-9H,1-4H2,(H,24,25,29). The fourth-order valence-electron chi connectivity index (χ4n) is 3.47. The molecule has 4 rings (SSSR count). The van der Waals surface area contributed by atoms with Gasteiger partial charge in [-0.2, -0.15) is 13.2 Å². The van der Waals surface area contributed by atoms with Crippen LogP contribution >= 0.6 is 11.6 Å². The lowest BCUT2D eigenvalue weighted by molar-refractivity contribution is -0.384. The normalized spacial score (nSPS) is 14.8. The molecule has 0 aliphatic carbocycles. The molecular formula is C18H14ClF3N6O3. The highest BCUT2D eigenvalue weighted by molar-refractivity contribution is 6.33. The van der Waals surface area contributed by atoms with Gasteiger partial charge in [0.05, 0.1) is 32.7 Å². The third-order valence-electron chi connectivity index (χ3n) is 5.00. The Morgan fingerprint density at radius 2 is 1.77 bits per heavy atom. The number of aromatic amines is 1. The number of halogens is 4. The van der Waals surface area contributed by atoms with E-state index in [-0.39, 0.29) is 21.9 Å². The van der Waals surface area contributed by atoms with E-state index in [1.165, 1.54) is 18.5 Å². The lowest BCUT2D eigenvalue weighted by Gasteiger charge is -2.36. The SMILES string of the molecule is O=c1[nH]cnc2cc(N3CCN(c4ncc(C(F)(F)F)cc4Cl)CC3)c([N+](=O)[O-])cc12. The summed E-state index contributed by atoms with van der Waals surface area (Å²) in [5, 5.41) is 11.6. The van der Waals surface area contributed by atoms with Crippen LogP contribution in [0.5, 0.6) is 0 Å². The van der Waals surface area contributed by atoms with Gasteiger partial charge in [0.15, 0.2) is 0 Å². The molecule has 1 N–H and O–H groups in total. The summed E-state index contributed by atoms with van der Waals surface area (Å²) in [4.78, 5) is 36.7. The first kappa shape index (κ1) is 20.8. The maximum Gasteiger partial charge on any atom is 0.417 e. The van der Waals surface area contributed by atoms with Crippen molar-refractivity contribution in [1.29, 1.82) is 0 Å². The zero-order valence-electron chi connectivity index (χ0n) is 15.7. The van der Waals surface area contributed by atoms with E-state index < -0.39 is 22.2 Å². The van der Waals surface area contributed by atoms with Gasteiger partial charge in [-0.15, -0.1) is 0 Å². The summed E-state index contributed by atoms with van der Waals surface area (Å²) in [5.41, 5.74) is -1.02. The largest absolute Gasteiger partial charge is 0.417 e. The maximum atomic E-state index is 12.8. The Kier molecular flexibility index (Phi) is 5.17. The van der Waals surface area contributed by atoms with Crippen LogP contribution in [0.4, 0.5) is 30.4 Å². The number of nitrogens with one attached hydrogen (secondary N) is 1. The van der Waals surface area contributed by atoms with E-state index in [9.17, 15) is 28.1 Å². The Hall–Kier alpha value is -3.41. The summed E-state index contributed by atoms with van der Waals surface area (Å²) in [6.45, 7) is 1.31. The second kappa shape index (κ2) is 7.69. The van der Waals surface area contributed by atoms with Crippen LogP contribution in [0, 0.1) is 10.1 Å². The molecule has 1 saturated heterocycles. The smallest absolute Gasteiger partial charge is 0.362 e. The summed E-state index contributed by atoms with van der Waals surface area (Å²) in [7, 11) is 0. The Morgan fingerprint density at radius 1 is 1.10 bits per heavy atom. The second-order valence-corrected chi connectivity index (χ2v) is 7.26. The molecule has 31 heavy (non-hydrogen) atoms. The third kappa shape index (κ3) is 3.98. The van der Waals surface area contributed by atoms with Crippen LogP contribution in [0.25, 0.3) is 10.9 Å². The number of aromatic nitrogens is 3. The van der Waals surface area contributed by atoms with E-state index in [2.05, 4.69) is 15.0 Å². The van der Waals surface area contributed by atoms with Crippen LogP contribution < -0.4 is 15.4 Å². The van der Waals surface area contributed by atoms with Gasteiger partial charge < -0.3 is 14.8 Å². The molecule has 1 aliphatic heterocycles. The highest BCUT2D eigenvalue weighted by Crippen LogP contribution is 2.35.